The lowest BCUT2D eigenvalue weighted by atomic mass is 10.3. The van der Waals surface area contributed by atoms with E-state index in [2.05, 4.69) is 0 Å². The molecule has 6 nitrogen and oxygen atoms in total. The van der Waals surface area contributed by atoms with Gasteiger partial charge in [0.15, 0.2) is 9.84 Å². The van der Waals surface area contributed by atoms with E-state index >= 15 is 0 Å². The molecule has 1 aromatic carbocycles. The third-order valence-electron chi connectivity index (χ3n) is 3.42. The number of rotatable bonds is 7. The number of nitrogens with zero attached hydrogens (tertiary/aromatic N) is 1. The van der Waals surface area contributed by atoms with Crippen molar-refractivity contribution in [1.82, 2.24) is 4.90 Å². The summed E-state index contributed by atoms with van der Waals surface area (Å²) in [6, 6.07) is 7.04. The monoisotopic (exact) mass is 361 g/mol. The Kier molecular flexibility index (Phi) is 6.68. The molecule has 0 aromatic heterocycles. The van der Waals surface area contributed by atoms with Crippen LogP contribution in [0.3, 0.4) is 0 Å². The van der Waals surface area contributed by atoms with Crippen molar-refractivity contribution in [3.05, 3.63) is 29.3 Å². The molecule has 0 N–H and O–H groups in total. The zero-order valence-electron chi connectivity index (χ0n) is 12.7. The van der Waals surface area contributed by atoms with Gasteiger partial charge in [-0.2, -0.15) is 0 Å². The van der Waals surface area contributed by atoms with Crippen LogP contribution in [0.25, 0.3) is 0 Å². The van der Waals surface area contributed by atoms with E-state index in [0.717, 1.165) is 5.75 Å². The number of benzene rings is 1. The molecule has 0 aliphatic carbocycles. The first kappa shape index (κ1) is 18.0. The first-order chi connectivity index (χ1) is 10.9. The number of hydrogen-bond acceptors (Lipinski definition) is 6. The number of ether oxygens (including phenoxy) is 2. The average molecular weight is 362 g/mol. The van der Waals surface area contributed by atoms with Crippen molar-refractivity contribution < 1.29 is 22.7 Å². The highest BCUT2D eigenvalue weighted by molar-refractivity contribution is 7.91. The van der Waals surface area contributed by atoms with Gasteiger partial charge in [-0.3, -0.25) is 9.69 Å². The van der Waals surface area contributed by atoms with Crippen LogP contribution in [0, 0.1) is 0 Å². The third-order valence-corrected chi connectivity index (χ3v) is 5.28. The lowest BCUT2D eigenvalue weighted by molar-refractivity contribution is -0.145. The van der Waals surface area contributed by atoms with Gasteiger partial charge in [0, 0.05) is 24.5 Å². The van der Waals surface area contributed by atoms with Crippen LogP contribution in [0.15, 0.2) is 24.3 Å². The van der Waals surface area contributed by atoms with E-state index in [1.54, 1.807) is 29.2 Å². The van der Waals surface area contributed by atoms with Crippen molar-refractivity contribution in [3.8, 4) is 5.75 Å². The molecule has 0 atom stereocenters. The Balaban J connectivity index is 1.55. The standard InChI is InChI=1S/C15H20ClNO5S/c16-13-2-4-14(5-3-13)21-8-1-9-22-15(18)12-17-6-10-23(19,20)11-7-17/h2-5H,1,6-12H2. The van der Waals surface area contributed by atoms with E-state index in [4.69, 9.17) is 21.1 Å². The topological polar surface area (TPSA) is 72.9 Å². The second-order valence-electron chi connectivity index (χ2n) is 5.30. The largest absolute Gasteiger partial charge is 0.493 e. The second kappa shape index (κ2) is 8.52. The SMILES string of the molecule is O=C(CN1CCS(=O)(=O)CC1)OCCCOc1ccc(Cl)cc1. The molecule has 2 rings (SSSR count). The molecule has 1 fully saturated rings. The summed E-state index contributed by atoms with van der Waals surface area (Å²) >= 11 is 5.78. The zero-order chi connectivity index (χ0) is 16.7. The van der Waals surface area contributed by atoms with E-state index < -0.39 is 9.84 Å². The van der Waals surface area contributed by atoms with Gasteiger partial charge in [-0.15, -0.1) is 0 Å². The first-order valence-electron chi connectivity index (χ1n) is 7.41. The van der Waals surface area contributed by atoms with E-state index in [-0.39, 0.29) is 30.6 Å². The van der Waals surface area contributed by atoms with Gasteiger partial charge in [-0.1, -0.05) is 11.6 Å². The van der Waals surface area contributed by atoms with E-state index in [1.165, 1.54) is 0 Å². The Labute approximate surface area is 141 Å². The lowest BCUT2D eigenvalue weighted by Gasteiger charge is -2.25. The molecule has 128 valence electrons. The predicted octanol–water partition coefficient (Wildman–Crippen LogP) is 1.38. The van der Waals surface area contributed by atoms with Crippen LogP contribution >= 0.6 is 11.6 Å². The first-order valence-corrected chi connectivity index (χ1v) is 9.61. The fraction of sp³-hybridized carbons (Fsp3) is 0.533. The maximum atomic E-state index is 11.7. The van der Waals surface area contributed by atoms with Crippen LogP contribution in [0.2, 0.25) is 5.02 Å². The number of hydrogen-bond donors (Lipinski definition) is 0. The van der Waals surface area contributed by atoms with Crippen LogP contribution in [0.4, 0.5) is 0 Å². The van der Waals surface area contributed by atoms with Crippen LogP contribution < -0.4 is 4.74 Å². The molecule has 1 aromatic rings. The van der Waals surface area contributed by atoms with Gasteiger partial charge in [-0.05, 0) is 24.3 Å². The Bertz CT molecular complexity index is 603. The predicted molar refractivity (Wildman–Crippen MR) is 87.6 cm³/mol. The second-order valence-corrected chi connectivity index (χ2v) is 8.04. The lowest BCUT2D eigenvalue weighted by Crippen LogP contribution is -2.43. The fourth-order valence-electron chi connectivity index (χ4n) is 2.10. The van der Waals surface area contributed by atoms with Crippen molar-refractivity contribution in [2.45, 2.75) is 6.42 Å². The van der Waals surface area contributed by atoms with Crippen LogP contribution in [-0.4, -0.2) is 63.6 Å². The van der Waals surface area contributed by atoms with E-state index in [1.807, 2.05) is 0 Å². The van der Waals surface area contributed by atoms with E-state index in [0.29, 0.717) is 31.1 Å². The number of sulfone groups is 1. The molecule has 0 bridgehead atoms. The van der Waals surface area contributed by atoms with Gasteiger partial charge in [-0.25, -0.2) is 8.42 Å². The number of carbonyl (C=O) groups excluding carboxylic acids is 1. The summed E-state index contributed by atoms with van der Waals surface area (Å²) in [6.07, 6.45) is 0.586. The van der Waals surface area contributed by atoms with Crippen LogP contribution in [0.5, 0.6) is 5.75 Å². The Morgan fingerprint density at radius 1 is 1.13 bits per heavy atom. The molecule has 1 heterocycles. The molecule has 1 aliphatic rings. The fourth-order valence-corrected chi connectivity index (χ4v) is 3.51. The Morgan fingerprint density at radius 3 is 2.43 bits per heavy atom. The summed E-state index contributed by atoms with van der Waals surface area (Å²) in [6.45, 7) is 1.62. The van der Waals surface area contributed by atoms with Gasteiger partial charge in [0.2, 0.25) is 0 Å². The highest BCUT2D eigenvalue weighted by Crippen LogP contribution is 2.15. The molecule has 0 amide bonds. The molecule has 1 aliphatic heterocycles. The summed E-state index contributed by atoms with van der Waals surface area (Å²) in [4.78, 5) is 13.5. The quantitative estimate of drug-likeness (QED) is 0.539. The van der Waals surface area contributed by atoms with Crippen molar-refractivity contribution >= 4 is 27.4 Å². The molecular weight excluding hydrogens is 342 g/mol. The summed E-state index contributed by atoms with van der Waals surface area (Å²) in [5, 5.41) is 0.650. The molecule has 0 saturated carbocycles. The van der Waals surface area contributed by atoms with Gasteiger partial charge in [0.1, 0.15) is 5.75 Å². The minimum Gasteiger partial charge on any atom is -0.493 e. The van der Waals surface area contributed by atoms with Gasteiger partial charge in [0.25, 0.3) is 0 Å². The summed E-state index contributed by atoms with van der Waals surface area (Å²) in [7, 11) is -2.92. The van der Waals surface area contributed by atoms with Crippen molar-refractivity contribution in [2.24, 2.45) is 0 Å². The van der Waals surface area contributed by atoms with Crippen LogP contribution in [0.1, 0.15) is 6.42 Å². The van der Waals surface area contributed by atoms with Crippen molar-refractivity contribution in [3.63, 3.8) is 0 Å². The molecule has 0 spiro atoms. The highest BCUT2D eigenvalue weighted by atomic mass is 35.5. The number of halogens is 1. The number of carbonyl (C=O) groups is 1. The van der Waals surface area contributed by atoms with Crippen molar-refractivity contribution in [2.75, 3.05) is 44.4 Å². The normalized spacial score (nSPS) is 17.6. The molecular formula is C15H20ClNO5S. The molecule has 1 saturated heterocycles. The van der Waals surface area contributed by atoms with E-state index in [9.17, 15) is 13.2 Å². The third kappa shape index (κ3) is 6.76. The van der Waals surface area contributed by atoms with Gasteiger partial charge >= 0.3 is 5.97 Å². The summed E-state index contributed by atoms with van der Waals surface area (Å²) < 4.78 is 33.2. The smallest absolute Gasteiger partial charge is 0.320 e. The molecule has 8 heteroatoms. The maximum Gasteiger partial charge on any atom is 0.320 e. The molecule has 23 heavy (non-hydrogen) atoms. The van der Waals surface area contributed by atoms with Crippen molar-refractivity contribution in [1.29, 1.82) is 0 Å². The minimum absolute atomic E-state index is 0.106. The summed E-state index contributed by atoms with van der Waals surface area (Å²) in [5.74, 6) is 0.593. The molecule has 0 radical (unpaired) electrons. The number of esters is 1. The molecule has 0 unspecified atom stereocenters. The maximum absolute atomic E-state index is 11.7. The highest BCUT2D eigenvalue weighted by Gasteiger charge is 2.23. The Morgan fingerprint density at radius 2 is 1.78 bits per heavy atom. The van der Waals surface area contributed by atoms with Crippen LogP contribution in [-0.2, 0) is 19.4 Å². The minimum atomic E-state index is -2.92. The van der Waals surface area contributed by atoms with Gasteiger partial charge in [0.05, 0.1) is 31.3 Å². The summed E-state index contributed by atoms with van der Waals surface area (Å²) in [5.41, 5.74) is 0. The van der Waals surface area contributed by atoms with Gasteiger partial charge < -0.3 is 9.47 Å². The Hall–Kier alpha value is -1.31. The zero-order valence-corrected chi connectivity index (χ0v) is 14.3. The average Bonchev–Trinajstić information content (AvgIpc) is 2.51.